The molecule has 2 aromatic carbocycles. The Morgan fingerprint density at radius 1 is 1.08 bits per heavy atom. The molecule has 0 aromatic heterocycles. The monoisotopic (exact) mass is 358 g/mol. The van der Waals surface area contributed by atoms with Crippen LogP contribution in [0.25, 0.3) is 0 Å². The summed E-state index contributed by atoms with van der Waals surface area (Å²) in [5.41, 5.74) is 1.37. The van der Waals surface area contributed by atoms with Crippen molar-refractivity contribution >= 4 is 11.6 Å². The van der Waals surface area contributed by atoms with Crippen LogP contribution in [0.3, 0.4) is 0 Å². The summed E-state index contributed by atoms with van der Waals surface area (Å²) in [5.74, 6) is -0.782. The van der Waals surface area contributed by atoms with Crippen molar-refractivity contribution in [1.29, 1.82) is 0 Å². The smallest absolute Gasteiger partial charge is 0.225 e. The maximum atomic E-state index is 13.9. The number of halogens is 1. The third-order valence-electron chi connectivity index (χ3n) is 4.79. The fraction of sp³-hybridized carbons (Fsp3) is 0.350. The summed E-state index contributed by atoms with van der Waals surface area (Å²) in [5, 5.41) is 19.0. The Bertz CT molecular complexity index is 788. The Balaban J connectivity index is 1.57. The van der Waals surface area contributed by atoms with Gasteiger partial charge in [0.15, 0.2) is 11.5 Å². The average molecular weight is 358 g/mol. The first kappa shape index (κ1) is 18.0. The summed E-state index contributed by atoms with van der Waals surface area (Å²) in [7, 11) is 0. The number of hydrogen-bond donors (Lipinski definition) is 2. The highest BCUT2D eigenvalue weighted by molar-refractivity contribution is 5.79. The molecule has 5 nitrogen and oxygen atoms in total. The highest BCUT2D eigenvalue weighted by atomic mass is 19.1. The quantitative estimate of drug-likeness (QED) is 0.825. The van der Waals surface area contributed by atoms with Crippen LogP contribution in [-0.2, 0) is 11.2 Å². The first-order valence-corrected chi connectivity index (χ1v) is 8.75. The van der Waals surface area contributed by atoms with Gasteiger partial charge >= 0.3 is 0 Å². The fourth-order valence-electron chi connectivity index (χ4n) is 3.32. The molecule has 0 aliphatic carbocycles. The normalized spacial score (nSPS) is 15.8. The number of amides is 1. The van der Waals surface area contributed by atoms with E-state index in [-0.39, 0.29) is 29.1 Å². The zero-order valence-corrected chi connectivity index (χ0v) is 14.7. The second kappa shape index (κ2) is 7.64. The number of para-hydroxylation sites is 1. The van der Waals surface area contributed by atoms with Crippen LogP contribution >= 0.6 is 0 Å². The molecule has 3 rings (SSSR count). The predicted molar refractivity (Wildman–Crippen MR) is 97.8 cm³/mol. The second-order valence-corrected chi connectivity index (χ2v) is 6.69. The van der Waals surface area contributed by atoms with E-state index in [1.807, 2.05) is 22.8 Å². The van der Waals surface area contributed by atoms with Crippen molar-refractivity contribution in [1.82, 2.24) is 4.90 Å². The van der Waals surface area contributed by atoms with Crippen LogP contribution in [0.2, 0.25) is 0 Å². The number of nitrogens with zero attached hydrogens (tertiary/aromatic N) is 2. The number of phenols is 2. The van der Waals surface area contributed by atoms with Crippen LogP contribution in [-0.4, -0.2) is 47.2 Å². The van der Waals surface area contributed by atoms with E-state index >= 15 is 0 Å². The highest BCUT2D eigenvalue weighted by Gasteiger charge is 2.26. The molecule has 2 aromatic rings. The van der Waals surface area contributed by atoms with Crippen LogP contribution in [0.5, 0.6) is 11.5 Å². The lowest BCUT2D eigenvalue weighted by Crippen LogP contribution is -2.50. The number of piperazine rings is 1. The molecule has 0 bridgehead atoms. The Morgan fingerprint density at radius 2 is 1.77 bits per heavy atom. The minimum Gasteiger partial charge on any atom is -0.504 e. The molecular formula is C20H23FN2O3. The molecular weight excluding hydrogens is 335 g/mol. The maximum Gasteiger partial charge on any atom is 0.225 e. The van der Waals surface area contributed by atoms with Crippen LogP contribution < -0.4 is 4.90 Å². The lowest BCUT2D eigenvalue weighted by Gasteiger charge is -2.37. The Hall–Kier alpha value is -2.76. The molecule has 1 heterocycles. The SMILES string of the molecule is CC(Cc1ccc(O)c(O)c1)C(=O)N1CCN(c2ccccc2F)CC1. The van der Waals surface area contributed by atoms with Crippen LogP contribution in [0.15, 0.2) is 42.5 Å². The zero-order chi connectivity index (χ0) is 18.7. The first-order valence-electron chi connectivity index (χ1n) is 8.75. The van der Waals surface area contributed by atoms with E-state index in [1.54, 1.807) is 18.2 Å². The van der Waals surface area contributed by atoms with Crippen molar-refractivity contribution in [3.05, 3.63) is 53.8 Å². The predicted octanol–water partition coefficient (Wildman–Crippen LogP) is 2.76. The van der Waals surface area contributed by atoms with Crippen LogP contribution in [0.1, 0.15) is 12.5 Å². The van der Waals surface area contributed by atoms with E-state index in [0.717, 1.165) is 5.56 Å². The largest absolute Gasteiger partial charge is 0.504 e. The fourth-order valence-corrected chi connectivity index (χ4v) is 3.32. The molecule has 1 unspecified atom stereocenters. The molecule has 1 saturated heterocycles. The molecule has 1 amide bonds. The van der Waals surface area contributed by atoms with Crippen molar-refractivity contribution in [2.45, 2.75) is 13.3 Å². The highest BCUT2D eigenvalue weighted by Crippen LogP contribution is 2.26. The molecule has 0 saturated carbocycles. The van der Waals surface area contributed by atoms with Gasteiger partial charge in [-0.15, -0.1) is 0 Å². The van der Waals surface area contributed by atoms with Crippen LogP contribution in [0, 0.1) is 11.7 Å². The van der Waals surface area contributed by atoms with E-state index in [9.17, 15) is 19.4 Å². The summed E-state index contributed by atoms with van der Waals surface area (Å²) in [6, 6.07) is 11.3. The Morgan fingerprint density at radius 3 is 2.42 bits per heavy atom. The van der Waals surface area contributed by atoms with Gasteiger partial charge in [-0.25, -0.2) is 4.39 Å². The second-order valence-electron chi connectivity index (χ2n) is 6.69. The summed E-state index contributed by atoms with van der Waals surface area (Å²) in [4.78, 5) is 16.5. The molecule has 1 fully saturated rings. The molecule has 0 radical (unpaired) electrons. The van der Waals surface area contributed by atoms with Gasteiger partial charge in [-0.2, -0.15) is 0 Å². The number of aromatic hydroxyl groups is 2. The number of hydrogen-bond acceptors (Lipinski definition) is 4. The third-order valence-corrected chi connectivity index (χ3v) is 4.79. The Labute approximate surface area is 152 Å². The van der Waals surface area contributed by atoms with E-state index in [1.165, 1.54) is 18.2 Å². The lowest BCUT2D eigenvalue weighted by molar-refractivity contribution is -0.135. The molecule has 1 atom stereocenters. The molecule has 26 heavy (non-hydrogen) atoms. The lowest BCUT2D eigenvalue weighted by atomic mass is 9.99. The van der Waals surface area contributed by atoms with Gasteiger partial charge in [-0.3, -0.25) is 4.79 Å². The van der Waals surface area contributed by atoms with Gasteiger partial charge < -0.3 is 20.0 Å². The van der Waals surface area contributed by atoms with Gasteiger partial charge in [0.05, 0.1) is 5.69 Å². The summed E-state index contributed by atoms with van der Waals surface area (Å²) in [6.07, 6.45) is 0.486. The van der Waals surface area contributed by atoms with Gasteiger partial charge in [0.25, 0.3) is 0 Å². The number of benzene rings is 2. The summed E-state index contributed by atoms with van der Waals surface area (Å²) >= 11 is 0. The summed E-state index contributed by atoms with van der Waals surface area (Å²) < 4.78 is 13.9. The number of rotatable bonds is 4. The first-order chi connectivity index (χ1) is 12.5. The zero-order valence-electron chi connectivity index (χ0n) is 14.7. The summed E-state index contributed by atoms with van der Waals surface area (Å²) in [6.45, 7) is 4.16. The van der Waals surface area contributed by atoms with Crippen LogP contribution in [0.4, 0.5) is 10.1 Å². The number of carbonyl (C=O) groups is 1. The average Bonchev–Trinajstić information content (AvgIpc) is 2.65. The molecule has 6 heteroatoms. The molecule has 1 aliphatic rings. The van der Waals surface area contributed by atoms with Gasteiger partial charge in [0, 0.05) is 32.1 Å². The van der Waals surface area contributed by atoms with E-state index < -0.39 is 0 Å². The Kier molecular flexibility index (Phi) is 5.30. The molecule has 0 spiro atoms. The molecule has 1 aliphatic heterocycles. The topological polar surface area (TPSA) is 64.0 Å². The third kappa shape index (κ3) is 3.90. The van der Waals surface area contributed by atoms with E-state index in [2.05, 4.69) is 0 Å². The van der Waals surface area contributed by atoms with Crippen molar-refractivity contribution < 1.29 is 19.4 Å². The van der Waals surface area contributed by atoms with Crippen molar-refractivity contribution in [3.63, 3.8) is 0 Å². The standard InChI is InChI=1S/C20H23FN2O3/c1-14(12-15-6-7-18(24)19(25)13-15)20(26)23-10-8-22(9-11-23)17-5-3-2-4-16(17)21/h2-7,13-14,24-25H,8-12H2,1H3. The minimum atomic E-state index is -0.243. The molecule has 138 valence electrons. The number of carbonyl (C=O) groups excluding carboxylic acids is 1. The minimum absolute atomic E-state index is 0.0470. The van der Waals surface area contributed by atoms with Gasteiger partial charge in [-0.05, 0) is 36.2 Å². The van der Waals surface area contributed by atoms with Crippen molar-refractivity contribution in [2.75, 3.05) is 31.1 Å². The van der Waals surface area contributed by atoms with E-state index in [0.29, 0.717) is 38.3 Å². The number of anilines is 1. The van der Waals surface area contributed by atoms with E-state index in [4.69, 9.17) is 0 Å². The van der Waals surface area contributed by atoms with Crippen molar-refractivity contribution in [2.24, 2.45) is 5.92 Å². The number of phenolic OH excluding ortho intramolecular Hbond substituents is 2. The maximum absolute atomic E-state index is 13.9. The van der Waals surface area contributed by atoms with Gasteiger partial charge in [0.1, 0.15) is 5.82 Å². The molecule has 2 N–H and O–H groups in total. The van der Waals surface area contributed by atoms with Gasteiger partial charge in [-0.1, -0.05) is 25.1 Å². The van der Waals surface area contributed by atoms with Gasteiger partial charge in [0.2, 0.25) is 5.91 Å². The van der Waals surface area contributed by atoms with Crippen molar-refractivity contribution in [3.8, 4) is 11.5 Å².